The summed E-state index contributed by atoms with van der Waals surface area (Å²) in [6, 6.07) is 13.8. The number of nitrogens with one attached hydrogen (secondary N) is 1. The first-order chi connectivity index (χ1) is 8.24. The van der Waals surface area contributed by atoms with E-state index in [1.165, 1.54) is 5.39 Å². The highest BCUT2D eigenvalue weighted by molar-refractivity contribution is 5.88. The van der Waals surface area contributed by atoms with Crippen LogP contribution in [0.3, 0.4) is 0 Å². The monoisotopic (exact) mass is 223 g/mol. The first kappa shape index (κ1) is 9.78. The lowest BCUT2D eigenvalue weighted by atomic mass is 10.0. The fraction of sp³-hybridized carbons (Fsp3) is 0. The molecule has 3 heteroatoms. The molecule has 0 radical (unpaired) electrons. The molecule has 0 atom stereocenters. The third-order valence-corrected chi connectivity index (χ3v) is 2.94. The van der Waals surface area contributed by atoms with Gasteiger partial charge in [0.2, 0.25) is 0 Å². The van der Waals surface area contributed by atoms with Gasteiger partial charge in [0.1, 0.15) is 0 Å². The highest BCUT2D eigenvalue weighted by Gasteiger charge is 2.04. The summed E-state index contributed by atoms with van der Waals surface area (Å²) in [4.78, 5) is 3.17. The van der Waals surface area contributed by atoms with Crippen molar-refractivity contribution in [2.24, 2.45) is 0 Å². The number of benzene rings is 2. The van der Waals surface area contributed by atoms with Gasteiger partial charge in [0.05, 0.1) is 0 Å². The van der Waals surface area contributed by atoms with E-state index in [4.69, 9.17) is 11.5 Å². The van der Waals surface area contributed by atoms with Crippen LogP contribution >= 0.6 is 0 Å². The van der Waals surface area contributed by atoms with Crippen LogP contribution in [0.4, 0.5) is 11.4 Å². The Labute approximate surface area is 99.1 Å². The predicted octanol–water partition coefficient (Wildman–Crippen LogP) is 3.00. The number of hydrogen-bond donors (Lipinski definition) is 3. The molecule has 0 aliphatic carbocycles. The summed E-state index contributed by atoms with van der Waals surface area (Å²) < 4.78 is 0. The molecule has 17 heavy (non-hydrogen) atoms. The molecular formula is C14H13N3. The van der Waals surface area contributed by atoms with E-state index >= 15 is 0 Å². The number of aromatic amines is 1. The SMILES string of the molecule is Nc1ccc(N)c(-c2ccc3[nH]ccc3c2)c1. The number of nitrogens with two attached hydrogens (primary N) is 2. The van der Waals surface area contributed by atoms with Gasteiger partial charge in [-0.15, -0.1) is 0 Å². The van der Waals surface area contributed by atoms with Crippen LogP contribution in [0.15, 0.2) is 48.7 Å². The van der Waals surface area contributed by atoms with Crippen molar-refractivity contribution in [3.05, 3.63) is 48.7 Å². The summed E-state index contributed by atoms with van der Waals surface area (Å²) in [7, 11) is 0. The number of aromatic nitrogens is 1. The second kappa shape index (κ2) is 3.56. The minimum atomic E-state index is 0.725. The minimum absolute atomic E-state index is 0.725. The lowest BCUT2D eigenvalue weighted by Gasteiger charge is -2.07. The molecule has 3 rings (SSSR count). The zero-order chi connectivity index (χ0) is 11.8. The molecule has 0 bridgehead atoms. The molecule has 0 spiro atoms. The maximum Gasteiger partial charge on any atom is 0.0454 e. The first-order valence-corrected chi connectivity index (χ1v) is 5.46. The van der Waals surface area contributed by atoms with Gasteiger partial charge in [-0.05, 0) is 47.3 Å². The quantitative estimate of drug-likeness (QED) is 0.555. The van der Waals surface area contributed by atoms with Crippen LogP contribution in [0, 0.1) is 0 Å². The zero-order valence-electron chi connectivity index (χ0n) is 9.27. The summed E-state index contributed by atoms with van der Waals surface area (Å²) in [5.41, 5.74) is 16.4. The van der Waals surface area contributed by atoms with Crippen LogP contribution < -0.4 is 11.5 Å². The van der Waals surface area contributed by atoms with E-state index in [2.05, 4.69) is 11.1 Å². The van der Waals surface area contributed by atoms with E-state index in [0.717, 1.165) is 28.0 Å². The van der Waals surface area contributed by atoms with E-state index in [1.54, 1.807) is 0 Å². The largest absolute Gasteiger partial charge is 0.399 e. The van der Waals surface area contributed by atoms with Crippen LogP contribution in [0.5, 0.6) is 0 Å². The number of anilines is 2. The highest BCUT2D eigenvalue weighted by atomic mass is 14.7. The van der Waals surface area contributed by atoms with E-state index in [9.17, 15) is 0 Å². The Kier molecular flexibility index (Phi) is 2.05. The molecule has 0 aliphatic rings. The molecule has 0 amide bonds. The van der Waals surface area contributed by atoms with Crippen molar-refractivity contribution in [3.8, 4) is 11.1 Å². The van der Waals surface area contributed by atoms with Gasteiger partial charge < -0.3 is 16.5 Å². The van der Waals surface area contributed by atoms with Crippen molar-refractivity contribution < 1.29 is 0 Å². The van der Waals surface area contributed by atoms with Gasteiger partial charge >= 0.3 is 0 Å². The molecule has 0 fully saturated rings. The summed E-state index contributed by atoms with van der Waals surface area (Å²) in [5.74, 6) is 0. The van der Waals surface area contributed by atoms with Crippen molar-refractivity contribution in [1.29, 1.82) is 0 Å². The Morgan fingerprint density at radius 2 is 1.76 bits per heavy atom. The van der Waals surface area contributed by atoms with Gasteiger partial charge in [0.25, 0.3) is 0 Å². The average molecular weight is 223 g/mol. The molecule has 0 aliphatic heterocycles. The zero-order valence-corrected chi connectivity index (χ0v) is 9.27. The van der Waals surface area contributed by atoms with Crippen LogP contribution in [-0.4, -0.2) is 4.98 Å². The number of H-pyrrole nitrogens is 1. The predicted molar refractivity (Wildman–Crippen MR) is 72.6 cm³/mol. The average Bonchev–Trinajstić information content (AvgIpc) is 2.79. The van der Waals surface area contributed by atoms with Crippen molar-refractivity contribution in [2.75, 3.05) is 11.5 Å². The van der Waals surface area contributed by atoms with Gasteiger partial charge in [0, 0.05) is 28.7 Å². The Morgan fingerprint density at radius 3 is 2.65 bits per heavy atom. The van der Waals surface area contributed by atoms with Crippen LogP contribution in [0.25, 0.3) is 22.0 Å². The number of hydrogen-bond acceptors (Lipinski definition) is 2. The van der Waals surface area contributed by atoms with Gasteiger partial charge in [-0.2, -0.15) is 0 Å². The van der Waals surface area contributed by atoms with Crippen molar-refractivity contribution >= 4 is 22.3 Å². The lowest BCUT2D eigenvalue weighted by molar-refractivity contribution is 1.48. The second-order valence-corrected chi connectivity index (χ2v) is 4.13. The molecule has 0 unspecified atom stereocenters. The Hall–Kier alpha value is -2.42. The van der Waals surface area contributed by atoms with E-state index in [1.807, 2.05) is 42.6 Å². The third-order valence-electron chi connectivity index (χ3n) is 2.94. The highest BCUT2D eigenvalue weighted by Crippen LogP contribution is 2.30. The summed E-state index contributed by atoms with van der Waals surface area (Å²) in [6.45, 7) is 0. The van der Waals surface area contributed by atoms with E-state index in [-0.39, 0.29) is 0 Å². The third kappa shape index (κ3) is 1.61. The molecule has 0 saturated carbocycles. The molecule has 2 aromatic carbocycles. The van der Waals surface area contributed by atoms with Crippen molar-refractivity contribution in [2.45, 2.75) is 0 Å². The molecule has 3 aromatic rings. The molecule has 84 valence electrons. The van der Waals surface area contributed by atoms with Crippen LogP contribution in [-0.2, 0) is 0 Å². The van der Waals surface area contributed by atoms with E-state index < -0.39 is 0 Å². The van der Waals surface area contributed by atoms with E-state index in [0.29, 0.717) is 0 Å². The molecular weight excluding hydrogens is 210 g/mol. The summed E-state index contributed by atoms with van der Waals surface area (Å²) >= 11 is 0. The fourth-order valence-corrected chi connectivity index (χ4v) is 2.04. The van der Waals surface area contributed by atoms with Gasteiger partial charge in [0.15, 0.2) is 0 Å². The van der Waals surface area contributed by atoms with Crippen LogP contribution in [0.2, 0.25) is 0 Å². The molecule has 5 N–H and O–H groups in total. The van der Waals surface area contributed by atoms with Gasteiger partial charge in [-0.25, -0.2) is 0 Å². The smallest absolute Gasteiger partial charge is 0.0454 e. The van der Waals surface area contributed by atoms with Crippen molar-refractivity contribution in [3.63, 3.8) is 0 Å². The Bertz CT molecular complexity index is 683. The summed E-state index contributed by atoms with van der Waals surface area (Å²) in [5, 5.41) is 1.17. The topological polar surface area (TPSA) is 67.8 Å². The normalized spacial score (nSPS) is 10.8. The second-order valence-electron chi connectivity index (χ2n) is 4.13. The molecule has 3 nitrogen and oxygen atoms in total. The van der Waals surface area contributed by atoms with Crippen molar-refractivity contribution in [1.82, 2.24) is 4.98 Å². The maximum atomic E-state index is 5.98. The standard InChI is InChI=1S/C14H13N3/c15-11-2-3-13(16)12(8-11)9-1-4-14-10(7-9)5-6-17-14/h1-8,17H,15-16H2. The molecule has 1 aromatic heterocycles. The van der Waals surface area contributed by atoms with Crippen LogP contribution in [0.1, 0.15) is 0 Å². The Balaban J connectivity index is 2.22. The first-order valence-electron chi connectivity index (χ1n) is 5.46. The molecule has 1 heterocycles. The molecule has 0 saturated heterocycles. The minimum Gasteiger partial charge on any atom is -0.399 e. The number of nitrogen functional groups attached to an aromatic ring is 2. The summed E-state index contributed by atoms with van der Waals surface area (Å²) in [6.07, 6.45) is 1.93. The Morgan fingerprint density at radius 1 is 0.882 bits per heavy atom. The number of fused-ring (bicyclic) bond motifs is 1. The maximum absolute atomic E-state index is 5.98. The lowest BCUT2D eigenvalue weighted by Crippen LogP contribution is -1.92. The fourth-order valence-electron chi connectivity index (χ4n) is 2.04. The number of rotatable bonds is 1. The van der Waals surface area contributed by atoms with Gasteiger partial charge in [-0.3, -0.25) is 0 Å². The van der Waals surface area contributed by atoms with Gasteiger partial charge in [-0.1, -0.05) is 6.07 Å².